The smallest absolute Gasteiger partial charge is 0.170 e. The van der Waals surface area contributed by atoms with Gasteiger partial charge in [0.05, 0.1) is 6.61 Å². The summed E-state index contributed by atoms with van der Waals surface area (Å²) < 4.78 is 5.46. The van der Waals surface area contributed by atoms with Crippen molar-refractivity contribution in [2.75, 3.05) is 70.8 Å². The average Bonchev–Trinajstić information content (AvgIpc) is 3.20. The molecule has 0 spiro atoms. The normalized spacial score (nSPS) is 30.4. The van der Waals surface area contributed by atoms with E-state index in [0.717, 1.165) is 35.8 Å². The van der Waals surface area contributed by atoms with Gasteiger partial charge in [-0.1, -0.05) is 0 Å². The van der Waals surface area contributed by atoms with Gasteiger partial charge in [-0.25, -0.2) is 0 Å². The number of anilines is 2. The van der Waals surface area contributed by atoms with Crippen molar-refractivity contribution in [2.45, 2.75) is 37.8 Å². The standard InChI is InChI=1S/C24H39N5OS/c1-27(2)21-8-6-20(7-9-21)26-24(31)25-14-23-13-18-10-12-29(23)16-19(18)15-28-11-4-5-22(28)17-30-3/h6-9,18-19,22-23H,4-5,10-17H2,1-3H3,(H2,25,26,31). The molecular weight excluding hydrogens is 406 g/mol. The Morgan fingerprint density at radius 2 is 1.97 bits per heavy atom. The summed E-state index contributed by atoms with van der Waals surface area (Å²) in [6, 6.07) is 9.60. The van der Waals surface area contributed by atoms with Crippen LogP contribution in [0.25, 0.3) is 0 Å². The molecule has 172 valence electrons. The van der Waals surface area contributed by atoms with Gasteiger partial charge in [-0.3, -0.25) is 9.80 Å². The molecule has 2 bridgehead atoms. The second kappa shape index (κ2) is 10.5. The third kappa shape index (κ3) is 5.69. The molecule has 4 aliphatic heterocycles. The Morgan fingerprint density at radius 3 is 2.65 bits per heavy atom. The summed E-state index contributed by atoms with van der Waals surface area (Å²) in [5.41, 5.74) is 2.22. The fraction of sp³-hybridized carbons (Fsp3) is 0.708. The van der Waals surface area contributed by atoms with Crippen LogP contribution >= 0.6 is 12.2 Å². The van der Waals surface area contributed by atoms with Crippen LogP contribution in [0, 0.1) is 11.8 Å². The Hall–Kier alpha value is -1.41. The number of likely N-dealkylation sites (tertiary alicyclic amines) is 1. The number of hydrogen-bond donors (Lipinski definition) is 2. The molecule has 2 N–H and O–H groups in total. The lowest BCUT2D eigenvalue weighted by Gasteiger charge is -2.51. The molecular formula is C24H39N5OS. The van der Waals surface area contributed by atoms with E-state index in [9.17, 15) is 0 Å². The molecule has 0 amide bonds. The zero-order valence-corrected chi connectivity index (χ0v) is 20.2. The van der Waals surface area contributed by atoms with Crippen LogP contribution in [-0.4, -0.2) is 87.5 Å². The molecule has 0 aliphatic carbocycles. The summed E-state index contributed by atoms with van der Waals surface area (Å²) in [4.78, 5) is 7.50. The van der Waals surface area contributed by atoms with E-state index in [1.54, 1.807) is 0 Å². The third-order valence-electron chi connectivity index (χ3n) is 7.48. The highest BCUT2D eigenvalue weighted by Gasteiger charge is 2.41. The quantitative estimate of drug-likeness (QED) is 0.597. The first-order chi connectivity index (χ1) is 15.0. The molecule has 4 aliphatic rings. The zero-order valence-electron chi connectivity index (χ0n) is 19.3. The van der Waals surface area contributed by atoms with Crippen molar-refractivity contribution in [3.8, 4) is 0 Å². The molecule has 1 aromatic rings. The number of thiocarbonyl (C=S) groups is 1. The molecule has 6 nitrogen and oxygen atoms in total. The van der Waals surface area contributed by atoms with Crippen LogP contribution in [0.3, 0.4) is 0 Å². The SMILES string of the molecule is COCC1CCCN1CC1CN2CCC1CC2CNC(=S)Nc1ccc(N(C)C)cc1. The second-order valence-corrected chi connectivity index (χ2v) is 10.1. The Balaban J connectivity index is 1.23. The topological polar surface area (TPSA) is 43.0 Å². The fourth-order valence-corrected chi connectivity index (χ4v) is 5.92. The van der Waals surface area contributed by atoms with Crippen molar-refractivity contribution in [1.29, 1.82) is 0 Å². The van der Waals surface area contributed by atoms with Crippen molar-refractivity contribution in [3.05, 3.63) is 24.3 Å². The van der Waals surface area contributed by atoms with Gasteiger partial charge in [0.15, 0.2) is 5.11 Å². The lowest BCUT2D eigenvalue weighted by Crippen LogP contribution is -2.59. The minimum Gasteiger partial charge on any atom is -0.383 e. The van der Waals surface area contributed by atoms with Gasteiger partial charge in [-0.2, -0.15) is 0 Å². The van der Waals surface area contributed by atoms with Gasteiger partial charge in [0.25, 0.3) is 0 Å². The number of fused-ring (bicyclic) bond motifs is 3. The number of rotatable bonds is 8. The van der Waals surface area contributed by atoms with Crippen molar-refractivity contribution in [2.24, 2.45) is 11.8 Å². The maximum absolute atomic E-state index is 5.56. The summed E-state index contributed by atoms with van der Waals surface area (Å²) in [6.07, 6.45) is 5.26. The van der Waals surface area contributed by atoms with Gasteiger partial charge >= 0.3 is 0 Å². The first-order valence-corrected chi connectivity index (χ1v) is 12.2. The molecule has 4 fully saturated rings. The predicted molar refractivity (Wildman–Crippen MR) is 133 cm³/mol. The van der Waals surface area contributed by atoms with Crippen LogP contribution in [0.2, 0.25) is 0 Å². The van der Waals surface area contributed by atoms with Crippen LogP contribution < -0.4 is 15.5 Å². The fourth-order valence-electron chi connectivity index (χ4n) is 5.72. The number of piperidine rings is 3. The molecule has 0 aromatic heterocycles. The molecule has 31 heavy (non-hydrogen) atoms. The number of methoxy groups -OCH3 is 1. The van der Waals surface area contributed by atoms with Crippen LogP contribution in [-0.2, 0) is 4.74 Å². The van der Waals surface area contributed by atoms with Gasteiger partial charge < -0.3 is 20.3 Å². The van der Waals surface area contributed by atoms with Crippen LogP contribution in [0.4, 0.5) is 11.4 Å². The Morgan fingerprint density at radius 1 is 1.16 bits per heavy atom. The molecule has 1 aromatic carbocycles. The van der Waals surface area contributed by atoms with E-state index >= 15 is 0 Å². The van der Waals surface area contributed by atoms with E-state index in [1.807, 2.05) is 7.11 Å². The number of ether oxygens (including phenoxy) is 1. The summed E-state index contributed by atoms with van der Waals surface area (Å²) in [6.45, 7) is 6.79. The minimum atomic E-state index is 0.596. The van der Waals surface area contributed by atoms with E-state index in [1.165, 1.54) is 57.5 Å². The highest BCUT2D eigenvalue weighted by molar-refractivity contribution is 7.80. The van der Waals surface area contributed by atoms with Crippen LogP contribution in [0.1, 0.15) is 25.7 Å². The summed E-state index contributed by atoms with van der Waals surface area (Å²) in [7, 11) is 5.94. The van der Waals surface area contributed by atoms with Crippen LogP contribution in [0.15, 0.2) is 24.3 Å². The summed E-state index contributed by atoms with van der Waals surface area (Å²) in [5, 5.41) is 7.53. The van der Waals surface area contributed by atoms with E-state index < -0.39 is 0 Å². The van der Waals surface area contributed by atoms with Crippen LogP contribution in [0.5, 0.6) is 0 Å². The van der Waals surface area contributed by atoms with Gasteiger partial charge in [0.1, 0.15) is 0 Å². The van der Waals surface area contributed by atoms with E-state index in [0.29, 0.717) is 12.1 Å². The highest BCUT2D eigenvalue weighted by Crippen LogP contribution is 2.37. The Bertz CT molecular complexity index is 727. The van der Waals surface area contributed by atoms with E-state index in [2.05, 4.69) is 63.7 Å². The molecule has 0 radical (unpaired) electrons. The molecule has 7 heteroatoms. The van der Waals surface area contributed by atoms with E-state index in [4.69, 9.17) is 17.0 Å². The lowest BCUT2D eigenvalue weighted by atomic mass is 9.75. The van der Waals surface area contributed by atoms with Gasteiger partial charge in [-0.05, 0) is 87.1 Å². The number of nitrogens with zero attached hydrogens (tertiary/aromatic N) is 3. The minimum absolute atomic E-state index is 0.596. The number of benzene rings is 1. The first kappa shape index (κ1) is 22.8. The summed E-state index contributed by atoms with van der Waals surface area (Å²) >= 11 is 5.56. The largest absolute Gasteiger partial charge is 0.383 e. The molecule has 4 saturated heterocycles. The average molecular weight is 446 g/mol. The van der Waals surface area contributed by atoms with Gasteiger partial charge in [0, 0.05) is 64.3 Å². The maximum atomic E-state index is 5.56. The molecule has 5 rings (SSSR count). The first-order valence-electron chi connectivity index (χ1n) is 11.8. The predicted octanol–water partition coefficient (Wildman–Crippen LogP) is 2.86. The Kier molecular flexibility index (Phi) is 7.69. The second-order valence-electron chi connectivity index (χ2n) is 9.72. The molecule has 5 unspecified atom stereocenters. The molecule has 4 heterocycles. The summed E-state index contributed by atoms with van der Waals surface area (Å²) in [5.74, 6) is 1.66. The monoisotopic (exact) mass is 445 g/mol. The van der Waals surface area contributed by atoms with Gasteiger partial charge in [0.2, 0.25) is 0 Å². The van der Waals surface area contributed by atoms with E-state index in [-0.39, 0.29) is 0 Å². The van der Waals surface area contributed by atoms with Crippen molar-refractivity contribution in [1.82, 2.24) is 15.1 Å². The number of hydrogen-bond acceptors (Lipinski definition) is 5. The molecule has 5 atom stereocenters. The Labute approximate surface area is 193 Å². The number of nitrogens with one attached hydrogen (secondary N) is 2. The van der Waals surface area contributed by atoms with Crippen molar-refractivity contribution in [3.63, 3.8) is 0 Å². The zero-order chi connectivity index (χ0) is 21.8. The lowest BCUT2D eigenvalue weighted by molar-refractivity contribution is -0.0158. The van der Waals surface area contributed by atoms with Crippen molar-refractivity contribution >= 4 is 28.7 Å². The highest BCUT2D eigenvalue weighted by atomic mass is 32.1. The maximum Gasteiger partial charge on any atom is 0.170 e. The third-order valence-corrected chi connectivity index (χ3v) is 7.73. The molecule has 0 saturated carbocycles. The van der Waals surface area contributed by atoms with Gasteiger partial charge in [-0.15, -0.1) is 0 Å². The van der Waals surface area contributed by atoms with Crippen molar-refractivity contribution < 1.29 is 4.74 Å².